The second-order valence-corrected chi connectivity index (χ2v) is 10.2. The smallest absolute Gasteiger partial charge is 0.481 e. The molecular weight excluding hydrogens is 555 g/mol. The Kier molecular flexibility index (Phi) is 8.93. The maximum absolute atomic E-state index is 11.8. The Bertz CT molecular complexity index is 1610. The van der Waals surface area contributed by atoms with Crippen LogP contribution in [-0.2, 0) is 14.6 Å². The van der Waals surface area contributed by atoms with Gasteiger partial charge in [0.25, 0.3) is 0 Å². The zero-order chi connectivity index (χ0) is 29.7. The zero-order valence-electron chi connectivity index (χ0n) is 21.6. The topological polar surface area (TPSA) is 161 Å². The van der Waals surface area contributed by atoms with Crippen molar-refractivity contribution in [3.05, 3.63) is 66.1 Å². The van der Waals surface area contributed by atoms with Crippen molar-refractivity contribution in [2.75, 3.05) is 24.0 Å². The third-order valence-corrected chi connectivity index (χ3v) is 6.31. The number of rotatable bonds is 7. The molecule has 0 saturated heterocycles. The number of hydrogen-bond acceptors (Lipinski definition) is 10. The molecule has 212 valence electrons. The number of aromatic nitrogens is 5. The zero-order valence-corrected chi connectivity index (χ0v) is 22.4. The van der Waals surface area contributed by atoms with Crippen LogP contribution in [0.3, 0.4) is 0 Å². The molecule has 0 spiro atoms. The monoisotopic (exact) mass is 579 g/mol. The molecule has 3 aromatic heterocycles. The van der Waals surface area contributed by atoms with Gasteiger partial charge in [0.1, 0.15) is 11.6 Å². The van der Waals surface area contributed by atoms with E-state index in [0.29, 0.717) is 23.3 Å². The molecule has 0 amide bonds. The van der Waals surface area contributed by atoms with Crippen LogP contribution in [0.5, 0.6) is 5.88 Å². The number of nitrogens with zero attached hydrogens (tertiary/aromatic N) is 5. The first-order valence-electron chi connectivity index (χ1n) is 11.2. The number of aliphatic carboxylic acids is 1. The van der Waals surface area contributed by atoms with Gasteiger partial charge in [0.2, 0.25) is 11.8 Å². The van der Waals surface area contributed by atoms with Crippen LogP contribution >= 0.6 is 0 Å². The van der Waals surface area contributed by atoms with Crippen LogP contribution in [-0.4, -0.2) is 63.8 Å². The molecule has 0 aliphatic heterocycles. The molecule has 16 heteroatoms. The minimum absolute atomic E-state index is 0.213. The summed E-state index contributed by atoms with van der Waals surface area (Å²) in [6.45, 7) is 3.89. The molecule has 3 N–H and O–H groups in total. The molecule has 0 aliphatic rings. The number of nitrogens with one attached hydrogen (secondary N) is 2. The van der Waals surface area contributed by atoms with Gasteiger partial charge >= 0.3 is 12.1 Å². The number of hydrogen-bond donors (Lipinski definition) is 3. The predicted octanol–water partition coefficient (Wildman–Crippen LogP) is 4.21. The van der Waals surface area contributed by atoms with E-state index in [1.165, 1.54) is 12.3 Å². The van der Waals surface area contributed by atoms with Crippen LogP contribution in [0.15, 0.2) is 59.8 Å². The van der Waals surface area contributed by atoms with E-state index >= 15 is 0 Å². The molecule has 0 aliphatic carbocycles. The number of carbonyl (C=O) groups is 1. The van der Waals surface area contributed by atoms with Gasteiger partial charge < -0.3 is 20.5 Å². The summed E-state index contributed by atoms with van der Waals surface area (Å²) in [6, 6.07) is 11.9. The van der Waals surface area contributed by atoms with Gasteiger partial charge in [-0.05, 0) is 44.2 Å². The molecule has 0 radical (unpaired) electrons. The molecule has 40 heavy (non-hydrogen) atoms. The molecule has 0 fully saturated rings. The Morgan fingerprint density at radius 1 is 1.07 bits per heavy atom. The van der Waals surface area contributed by atoms with Crippen molar-refractivity contribution < 1.29 is 36.2 Å². The Morgan fingerprint density at radius 2 is 1.77 bits per heavy atom. The lowest BCUT2D eigenvalue weighted by Crippen LogP contribution is -2.21. The number of methoxy groups -OCH3 is 1. The van der Waals surface area contributed by atoms with Crippen molar-refractivity contribution in [2.45, 2.75) is 24.9 Å². The van der Waals surface area contributed by atoms with E-state index in [0.717, 1.165) is 22.8 Å². The Balaban J connectivity index is 0.000000559. The molecule has 1 aromatic carbocycles. The van der Waals surface area contributed by atoms with Crippen LogP contribution in [0.1, 0.15) is 11.3 Å². The van der Waals surface area contributed by atoms with Gasteiger partial charge in [0, 0.05) is 29.8 Å². The van der Waals surface area contributed by atoms with Gasteiger partial charge in [-0.25, -0.2) is 27.9 Å². The van der Waals surface area contributed by atoms with Gasteiger partial charge in [-0.1, -0.05) is 6.07 Å². The fourth-order valence-electron chi connectivity index (χ4n) is 3.10. The Labute approximate surface area is 226 Å². The molecule has 3 heterocycles. The van der Waals surface area contributed by atoms with E-state index in [4.69, 9.17) is 14.6 Å². The number of anilines is 4. The molecule has 0 saturated carbocycles. The minimum atomic E-state index is -5.08. The molecule has 0 bridgehead atoms. The predicted molar refractivity (Wildman–Crippen MR) is 139 cm³/mol. The molecular formula is C24H24F3N7O5S. The van der Waals surface area contributed by atoms with Crippen LogP contribution in [0, 0.1) is 13.8 Å². The first kappa shape index (κ1) is 29.8. The standard InChI is InChI=1S/C22H23N7O3S.C2HF3O2/c1-14-15(2)28-29(17-8-9-20(32-3)24-13-17)21(14)26-19-10-11-23-22(27-19)25-16-6-5-7-18(12-16)33(4,30)31;3-2(4,5)1(6)7/h5-13H,1-4H3,(H2,23,25,26,27);(H,6,7). The number of halogens is 3. The third-order valence-electron chi connectivity index (χ3n) is 5.20. The summed E-state index contributed by atoms with van der Waals surface area (Å²) in [6.07, 6.45) is -0.632. The van der Waals surface area contributed by atoms with E-state index in [1.807, 2.05) is 19.9 Å². The number of benzene rings is 1. The summed E-state index contributed by atoms with van der Waals surface area (Å²) < 4.78 is 62.3. The van der Waals surface area contributed by atoms with Crippen LogP contribution in [0.4, 0.5) is 36.4 Å². The second-order valence-electron chi connectivity index (χ2n) is 8.15. The van der Waals surface area contributed by atoms with Crippen LogP contribution < -0.4 is 15.4 Å². The van der Waals surface area contributed by atoms with Crippen molar-refractivity contribution in [3.8, 4) is 11.6 Å². The first-order valence-corrected chi connectivity index (χ1v) is 13.1. The highest BCUT2D eigenvalue weighted by Gasteiger charge is 2.38. The molecule has 12 nitrogen and oxygen atoms in total. The van der Waals surface area contributed by atoms with Gasteiger partial charge in [-0.2, -0.15) is 23.3 Å². The van der Waals surface area contributed by atoms with Gasteiger partial charge in [0.05, 0.1) is 29.6 Å². The number of sulfone groups is 1. The lowest BCUT2D eigenvalue weighted by atomic mass is 10.3. The quantitative estimate of drug-likeness (QED) is 0.288. The highest BCUT2D eigenvalue weighted by atomic mass is 32.2. The van der Waals surface area contributed by atoms with E-state index in [9.17, 15) is 21.6 Å². The summed E-state index contributed by atoms with van der Waals surface area (Å²) in [5, 5.41) is 18.1. The lowest BCUT2D eigenvalue weighted by Gasteiger charge is -2.12. The van der Waals surface area contributed by atoms with Crippen molar-refractivity contribution >= 4 is 39.1 Å². The average molecular weight is 580 g/mol. The number of ether oxygens (including phenoxy) is 1. The highest BCUT2D eigenvalue weighted by Crippen LogP contribution is 2.26. The van der Waals surface area contributed by atoms with E-state index in [-0.39, 0.29) is 4.90 Å². The highest BCUT2D eigenvalue weighted by molar-refractivity contribution is 7.90. The number of carboxylic acids is 1. The average Bonchev–Trinajstić information content (AvgIpc) is 3.17. The maximum Gasteiger partial charge on any atom is 0.490 e. The summed E-state index contributed by atoms with van der Waals surface area (Å²) in [4.78, 5) is 22.1. The second kappa shape index (κ2) is 12.0. The maximum atomic E-state index is 11.8. The van der Waals surface area contributed by atoms with Gasteiger partial charge in [0.15, 0.2) is 9.84 Å². The molecule has 4 rings (SSSR count). The summed E-state index contributed by atoms with van der Waals surface area (Å²) >= 11 is 0. The molecule has 4 aromatic rings. The molecule has 0 unspecified atom stereocenters. The van der Waals surface area contributed by atoms with E-state index < -0.39 is 22.0 Å². The normalized spacial score (nSPS) is 11.3. The first-order chi connectivity index (χ1) is 18.7. The van der Waals surface area contributed by atoms with Gasteiger partial charge in [-0.3, -0.25) is 0 Å². The van der Waals surface area contributed by atoms with E-state index in [2.05, 4.69) is 30.7 Å². The van der Waals surface area contributed by atoms with Crippen molar-refractivity contribution in [3.63, 3.8) is 0 Å². The number of alkyl halides is 3. The number of carboxylic acid groups (broad SMARTS) is 1. The van der Waals surface area contributed by atoms with Crippen LogP contribution in [0.2, 0.25) is 0 Å². The Hall–Kier alpha value is -4.73. The summed E-state index contributed by atoms with van der Waals surface area (Å²) in [5.74, 6) is -0.647. The SMILES string of the molecule is COc1ccc(-n2nc(C)c(C)c2Nc2ccnc(Nc3cccc(S(C)(=O)=O)c3)n2)cn1.O=C(O)C(F)(F)F. The van der Waals surface area contributed by atoms with Crippen molar-refractivity contribution in [1.82, 2.24) is 24.7 Å². The number of pyridine rings is 1. The van der Waals surface area contributed by atoms with Crippen molar-refractivity contribution in [2.24, 2.45) is 0 Å². The van der Waals surface area contributed by atoms with Gasteiger partial charge in [-0.15, -0.1) is 0 Å². The largest absolute Gasteiger partial charge is 0.490 e. The summed E-state index contributed by atoms with van der Waals surface area (Å²) in [5.41, 5.74) is 3.15. The fourth-order valence-corrected chi connectivity index (χ4v) is 3.77. The lowest BCUT2D eigenvalue weighted by molar-refractivity contribution is -0.192. The van der Waals surface area contributed by atoms with E-state index in [1.54, 1.807) is 54.5 Å². The van der Waals surface area contributed by atoms with Crippen molar-refractivity contribution in [1.29, 1.82) is 0 Å². The molecule has 0 atom stereocenters. The van der Waals surface area contributed by atoms with Crippen LogP contribution in [0.25, 0.3) is 5.69 Å². The third kappa shape index (κ3) is 7.66. The Morgan fingerprint density at radius 3 is 2.35 bits per heavy atom. The minimum Gasteiger partial charge on any atom is -0.481 e. The fraction of sp³-hybridized carbons (Fsp3) is 0.208. The number of aryl methyl sites for hydroxylation is 1. The summed E-state index contributed by atoms with van der Waals surface area (Å²) in [7, 11) is -1.76.